The lowest BCUT2D eigenvalue weighted by atomic mass is 10.1. The highest BCUT2D eigenvalue weighted by Gasteiger charge is 2.32. The lowest BCUT2D eigenvalue weighted by Gasteiger charge is -2.15. The van der Waals surface area contributed by atoms with Gasteiger partial charge in [-0.15, -0.1) is 0 Å². The number of amides is 2. The third-order valence-corrected chi connectivity index (χ3v) is 2.69. The first-order chi connectivity index (χ1) is 9.65. The van der Waals surface area contributed by atoms with Crippen molar-refractivity contribution in [3.8, 4) is 0 Å². The van der Waals surface area contributed by atoms with Crippen LogP contribution in [0.5, 0.6) is 0 Å². The Morgan fingerprint density at radius 2 is 2.00 bits per heavy atom. The van der Waals surface area contributed by atoms with Crippen molar-refractivity contribution >= 4 is 23.4 Å². The van der Waals surface area contributed by atoms with Crippen LogP contribution in [-0.2, 0) is 15.7 Å². The molecular formula is C12H12ClF3N2O3. The smallest absolute Gasteiger partial charge is 0.382 e. The monoisotopic (exact) mass is 324 g/mol. The molecule has 1 atom stereocenters. The highest BCUT2D eigenvalue weighted by atomic mass is 35.5. The summed E-state index contributed by atoms with van der Waals surface area (Å²) < 4.78 is 42.6. The molecule has 0 bridgehead atoms. The van der Waals surface area contributed by atoms with E-state index in [-0.39, 0.29) is 17.2 Å². The van der Waals surface area contributed by atoms with Gasteiger partial charge in [0.2, 0.25) is 5.91 Å². The van der Waals surface area contributed by atoms with Gasteiger partial charge in [0.15, 0.2) is 0 Å². The van der Waals surface area contributed by atoms with E-state index in [9.17, 15) is 22.8 Å². The van der Waals surface area contributed by atoms with Crippen LogP contribution in [0.15, 0.2) is 18.2 Å². The Kier molecular flexibility index (Phi) is 5.56. The third-order valence-electron chi connectivity index (χ3n) is 2.47. The van der Waals surface area contributed by atoms with Crippen LogP contribution in [0.4, 0.5) is 13.2 Å². The second kappa shape index (κ2) is 6.77. The van der Waals surface area contributed by atoms with Gasteiger partial charge >= 0.3 is 6.18 Å². The van der Waals surface area contributed by atoms with Gasteiger partial charge in [0.05, 0.1) is 12.2 Å². The number of primary amides is 1. The second-order valence-electron chi connectivity index (χ2n) is 4.11. The van der Waals surface area contributed by atoms with Gasteiger partial charge < -0.3 is 15.8 Å². The van der Waals surface area contributed by atoms with Crippen molar-refractivity contribution < 1.29 is 27.5 Å². The molecule has 1 rings (SSSR count). The molecule has 1 aromatic carbocycles. The minimum atomic E-state index is -4.64. The van der Waals surface area contributed by atoms with E-state index in [1.807, 2.05) is 0 Å². The van der Waals surface area contributed by atoms with Crippen LogP contribution in [-0.4, -0.2) is 31.6 Å². The number of nitrogens with one attached hydrogen (secondary N) is 1. The molecule has 1 aromatic rings. The van der Waals surface area contributed by atoms with Crippen LogP contribution in [0.1, 0.15) is 15.9 Å². The van der Waals surface area contributed by atoms with E-state index in [0.717, 1.165) is 6.07 Å². The van der Waals surface area contributed by atoms with Crippen molar-refractivity contribution in [3.63, 3.8) is 0 Å². The quantitative estimate of drug-likeness (QED) is 0.863. The van der Waals surface area contributed by atoms with Gasteiger partial charge in [-0.3, -0.25) is 9.59 Å². The summed E-state index contributed by atoms with van der Waals surface area (Å²) in [4.78, 5) is 22.9. The Hall–Kier alpha value is -1.80. The van der Waals surface area contributed by atoms with Crippen molar-refractivity contribution in [1.29, 1.82) is 0 Å². The van der Waals surface area contributed by atoms with Crippen molar-refractivity contribution in [3.05, 3.63) is 34.3 Å². The van der Waals surface area contributed by atoms with Crippen LogP contribution in [0, 0.1) is 0 Å². The van der Waals surface area contributed by atoms with Crippen molar-refractivity contribution in [2.24, 2.45) is 5.73 Å². The average Bonchev–Trinajstić information content (AvgIpc) is 2.36. The summed E-state index contributed by atoms with van der Waals surface area (Å²) >= 11 is 5.56. The summed E-state index contributed by atoms with van der Waals surface area (Å²) in [5, 5.41) is 1.92. The molecule has 0 heterocycles. The van der Waals surface area contributed by atoms with Crippen LogP contribution in [0.25, 0.3) is 0 Å². The van der Waals surface area contributed by atoms with Crippen molar-refractivity contribution in [2.45, 2.75) is 12.2 Å². The molecule has 0 aliphatic carbocycles. The van der Waals surface area contributed by atoms with Gasteiger partial charge in [-0.2, -0.15) is 13.2 Å². The molecule has 2 amide bonds. The number of ether oxygens (including phenoxy) is 1. The third kappa shape index (κ3) is 4.91. The summed E-state index contributed by atoms with van der Waals surface area (Å²) in [5.41, 5.74) is 3.64. The molecule has 5 nitrogen and oxygen atoms in total. The number of rotatable bonds is 5. The molecule has 116 valence electrons. The van der Waals surface area contributed by atoms with Crippen molar-refractivity contribution in [2.75, 3.05) is 13.7 Å². The van der Waals surface area contributed by atoms with E-state index in [2.05, 4.69) is 10.1 Å². The summed E-state index contributed by atoms with van der Waals surface area (Å²) in [5.74, 6) is -1.79. The zero-order chi connectivity index (χ0) is 16.2. The second-order valence-corrected chi connectivity index (χ2v) is 4.55. The SMILES string of the molecule is COC[C@@H](NC(=O)c1cc(Cl)cc(C(F)(F)F)c1)C(N)=O. The lowest BCUT2D eigenvalue weighted by Crippen LogP contribution is -2.47. The van der Waals surface area contributed by atoms with Crippen LogP contribution in [0.3, 0.4) is 0 Å². The van der Waals surface area contributed by atoms with E-state index in [1.165, 1.54) is 7.11 Å². The maximum Gasteiger partial charge on any atom is 0.416 e. The number of carbonyl (C=O) groups excluding carboxylic acids is 2. The summed E-state index contributed by atoms with van der Waals surface area (Å²) in [6.07, 6.45) is -4.64. The van der Waals surface area contributed by atoms with E-state index in [4.69, 9.17) is 17.3 Å². The molecule has 0 spiro atoms. The van der Waals surface area contributed by atoms with Crippen LogP contribution >= 0.6 is 11.6 Å². The Bertz CT molecular complexity index is 549. The number of benzene rings is 1. The van der Waals surface area contributed by atoms with E-state index in [1.54, 1.807) is 0 Å². The maximum absolute atomic E-state index is 12.6. The van der Waals surface area contributed by atoms with Crippen molar-refractivity contribution in [1.82, 2.24) is 5.32 Å². The topological polar surface area (TPSA) is 81.4 Å². The molecule has 0 aliphatic rings. The summed E-state index contributed by atoms with van der Waals surface area (Å²) in [6, 6.07) is 1.22. The predicted octanol–water partition coefficient (Wildman–Crippen LogP) is 1.59. The molecule has 9 heteroatoms. The average molecular weight is 325 g/mol. The molecule has 0 saturated heterocycles. The van der Waals surface area contributed by atoms with Gasteiger partial charge in [-0.05, 0) is 18.2 Å². The van der Waals surface area contributed by atoms with Gasteiger partial charge in [-0.25, -0.2) is 0 Å². The molecule has 0 aromatic heterocycles. The molecular weight excluding hydrogens is 313 g/mol. The summed E-state index contributed by atoms with van der Waals surface area (Å²) in [6.45, 7) is -0.201. The molecule has 21 heavy (non-hydrogen) atoms. The number of carbonyl (C=O) groups is 2. The fourth-order valence-electron chi connectivity index (χ4n) is 1.49. The highest BCUT2D eigenvalue weighted by Crippen LogP contribution is 2.31. The highest BCUT2D eigenvalue weighted by molar-refractivity contribution is 6.31. The zero-order valence-corrected chi connectivity index (χ0v) is 11.6. The Labute approximate surface area is 123 Å². The number of hydrogen-bond acceptors (Lipinski definition) is 3. The maximum atomic E-state index is 12.6. The number of nitrogens with two attached hydrogens (primary N) is 1. The van der Waals surface area contributed by atoms with E-state index >= 15 is 0 Å². The minimum Gasteiger partial charge on any atom is -0.382 e. The van der Waals surface area contributed by atoms with Gasteiger partial charge in [0.1, 0.15) is 6.04 Å². The first-order valence-electron chi connectivity index (χ1n) is 5.62. The first-order valence-corrected chi connectivity index (χ1v) is 6.00. The van der Waals surface area contributed by atoms with Crippen LogP contribution in [0.2, 0.25) is 5.02 Å². The Morgan fingerprint density at radius 3 is 2.48 bits per heavy atom. The van der Waals surface area contributed by atoms with Gasteiger partial charge in [0, 0.05) is 17.7 Å². The number of methoxy groups -OCH3 is 1. The predicted molar refractivity (Wildman–Crippen MR) is 68.8 cm³/mol. The van der Waals surface area contributed by atoms with E-state index < -0.39 is 29.6 Å². The number of halogens is 4. The molecule has 0 radical (unpaired) electrons. The van der Waals surface area contributed by atoms with Gasteiger partial charge in [0.25, 0.3) is 5.91 Å². The fraction of sp³-hybridized carbons (Fsp3) is 0.333. The fourth-order valence-corrected chi connectivity index (χ4v) is 1.72. The Balaban J connectivity index is 3.02. The minimum absolute atomic E-state index is 0.201. The van der Waals surface area contributed by atoms with E-state index in [0.29, 0.717) is 12.1 Å². The number of alkyl halides is 3. The standard InChI is InChI=1S/C12H12ClF3N2O3/c1-21-5-9(10(17)19)18-11(20)6-2-7(12(14,15)16)4-8(13)3-6/h2-4,9H,5H2,1H3,(H2,17,19)(H,18,20)/t9-/m1/s1. The first kappa shape index (κ1) is 17.3. The zero-order valence-electron chi connectivity index (χ0n) is 10.8. The molecule has 0 unspecified atom stereocenters. The molecule has 0 saturated carbocycles. The number of hydrogen-bond donors (Lipinski definition) is 2. The molecule has 0 aliphatic heterocycles. The Morgan fingerprint density at radius 1 is 1.38 bits per heavy atom. The summed E-state index contributed by atoms with van der Waals surface area (Å²) in [7, 11) is 1.28. The molecule has 0 fully saturated rings. The van der Waals surface area contributed by atoms with Gasteiger partial charge in [-0.1, -0.05) is 11.6 Å². The largest absolute Gasteiger partial charge is 0.416 e. The molecule has 3 N–H and O–H groups in total. The lowest BCUT2D eigenvalue weighted by molar-refractivity contribution is -0.137. The normalized spacial score (nSPS) is 12.8. The van der Waals surface area contributed by atoms with Crippen LogP contribution < -0.4 is 11.1 Å².